The lowest BCUT2D eigenvalue weighted by molar-refractivity contribution is -0.121. The average molecular weight is 456 g/mol. The first kappa shape index (κ1) is 22.0. The van der Waals surface area contributed by atoms with E-state index in [0.29, 0.717) is 48.7 Å². The van der Waals surface area contributed by atoms with E-state index in [4.69, 9.17) is 11.6 Å². The Morgan fingerprint density at radius 2 is 1.81 bits per heavy atom. The quantitative estimate of drug-likeness (QED) is 0.640. The van der Waals surface area contributed by atoms with Gasteiger partial charge in [-0.1, -0.05) is 11.6 Å². The number of rotatable bonds is 4. The molecule has 1 fully saturated rings. The Morgan fingerprint density at radius 1 is 1.12 bits per heavy atom. The summed E-state index contributed by atoms with van der Waals surface area (Å²) in [5.41, 5.74) is 2.40. The van der Waals surface area contributed by atoms with Crippen molar-refractivity contribution < 1.29 is 14.0 Å². The molecule has 1 aliphatic rings. The third-order valence-electron chi connectivity index (χ3n) is 5.61. The number of halogens is 2. The summed E-state index contributed by atoms with van der Waals surface area (Å²) in [7, 11) is 0. The van der Waals surface area contributed by atoms with Crippen LogP contribution in [0.15, 0.2) is 42.6 Å². The highest BCUT2D eigenvalue weighted by Gasteiger charge is 2.31. The lowest BCUT2D eigenvalue weighted by Gasteiger charge is -2.31. The highest BCUT2D eigenvalue weighted by atomic mass is 35.5. The molecule has 0 saturated carbocycles. The topological polar surface area (TPSA) is 80.1 Å². The summed E-state index contributed by atoms with van der Waals surface area (Å²) in [6.45, 7) is 4.53. The number of pyridine rings is 1. The van der Waals surface area contributed by atoms with Crippen molar-refractivity contribution in [3.05, 3.63) is 70.4 Å². The molecule has 0 atom stereocenters. The number of piperidine rings is 1. The lowest BCUT2D eigenvalue weighted by Crippen LogP contribution is -2.41. The zero-order valence-electron chi connectivity index (χ0n) is 17.8. The zero-order valence-corrected chi connectivity index (χ0v) is 18.6. The maximum absolute atomic E-state index is 13.2. The standard InChI is InChI=1S/C23H23ClFN5O2/c1-14-7-10-26-19(13-14)27-22(31)16-8-11-29(12-9-16)23(32)20-15(2)28-30(21(20)24)18-5-3-17(25)4-6-18/h3-7,10,13,16H,8-9,11-12H2,1-2H3,(H,26,27,31). The maximum Gasteiger partial charge on any atom is 0.258 e. The molecule has 4 rings (SSSR count). The Kier molecular flexibility index (Phi) is 6.23. The molecule has 0 bridgehead atoms. The van der Waals surface area contributed by atoms with Gasteiger partial charge < -0.3 is 10.2 Å². The van der Waals surface area contributed by atoms with E-state index in [1.807, 2.05) is 19.1 Å². The highest BCUT2D eigenvalue weighted by Crippen LogP contribution is 2.27. The molecule has 1 aliphatic heterocycles. The number of amides is 2. The van der Waals surface area contributed by atoms with Crippen molar-refractivity contribution in [1.82, 2.24) is 19.7 Å². The second-order valence-electron chi connectivity index (χ2n) is 7.91. The zero-order chi connectivity index (χ0) is 22.8. The first-order valence-electron chi connectivity index (χ1n) is 10.4. The van der Waals surface area contributed by atoms with Gasteiger partial charge in [-0.25, -0.2) is 14.1 Å². The minimum atomic E-state index is -0.366. The minimum absolute atomic E-state index is 0.0893. The predicted molar refractivity (Wildman–Crippen MR) is 120 cm³/mol. The minimum Gasteiger partial charge on any atom is -0.338 e. The summed E-state index contributed by atoms with van der Waals surface area (Å²) in [5.74, 6) is -0.340. The van der Waals surface area contributed by atoms with Gasteiger partial charge in [0.15, 0.2) is 0 Å². The number of carbonyl (C=O) groups excluding carboxylic acids is 2. The van der Waals surface area contributed by atoms with Crippen LogP contribution in [0.25, 0.3) is 5.69 Å². The molecule has 2 aromatic heterocycles. The largest absolute Gasteiger partial charge is 0.338 e. The van der Waals surface area contributed by atoms with E-state index in [2.05, 4.69) is 15.4 Å². The van der Waals surface area contributed by atoms with Crippen LogP contribution in [0.1, 0.15) is 34.5 Å². The van der Waals surface area contributed by atoms with E-state index >= 15 is 0 Å². The molecule has 0 unspecified atom stereocenters. The Labute approximate surface area is 190 Å². The third-order valence-corrected chi connectivity index (χ3v) is 5.96. The number of hydrogen-bond acceptors (Lipinski definition) is 4. The van der Waals surface area contributed by atoms with Crippen molar-refractivity contribution in [2.75, 3.05) is 18.4 Å². The van der Waals surface area contributed by atoms with Crippen LogP contribution in [0, 0.1) is 25.6 Å². The molecular weight excluding hydrogens is 433 g/mol. The van der Waals surface area contributed by atoms with Gasteiger partial charge in [0.1, 0.15) is 16.8 Å². The highest BCUT2D eigenvalue weighted by molar-refractivity contribution is 6.33. The van der Waals surface area contributed by atoms with Gasteiger partial charge >= 0.3 is 0 Å². The molecule has 3 heterocycles. The number of aryl methyl sites for hydroxylation is 2. The van der Waals surface area contributed by atoms with Gasteiger partial charge in [-0.3, -0.25) is 9.59 Å². The second-order valence-corrected chi connectivity index (χ2v) is 8.27. The molecule has 1 aromatic carbocycles. The van der Waals surface area contributed by atoms with E-state index in [1.54, 1.807) is 30.2 Å². The molecule has 0 spiro atoms. The molecule has 0 radical (unpaired) electrons. The van der Waals surface area contributed by atoms with Gasteiger partial charge in [0.2, 0.25) is 5.91 Å². The van der Waals surface area contributed by atoms with E-state index in [0.717, 1.165) is 5.56 Å². The van der Waals surface area contributed by atoms with Gasteiger partial charge in [0, 0.05) is 25.2 Å². The fraction of sp³-hybridized carbons (Fsp3) is 0.304. The van der Waals surface area contributed by atoms with Gasteiger partial charge in [-0.15, -0.1) is 0 Å². The monoisotopic (exact) mass is 455 g/mol. The van der Waals surface area contributed by atoms with E-state index in [-0.39, 0.29) is 28.7 Å². The third kappa shape index (κ3) is 4.50. The molecule has 2 amide bonds. The van der Waals surface area contributed by atoms with Crippen LogP contribution in [-0.2, 0) is 4.79 Å². The fourth-order valence-corrected chi connectivity index (χ4v) is 4.18. The number of aromatic nitrogens is 3. The van der Waals surface area contributed by atoms with Crippen LogP contribution in [0.5, 0.6) is 0 Å². The first-order chi connectivity index (χ1) is 15.3. The number of nitrogens with zero attached hydrogens (tertiary/aromatic N) is 4. The molecule has 3 aromatic rings. The average Bonchev–Trinajstić information content (AvgIpc) is 3.07. The van der Waals surface area contributed by atoms with Crippen LogP contribution >= 0.6 is 11.6 Å². The number of nitrogens with one attached hydrogen (secondary N) is 1. The van der Waals surface area contributed by atoms with Crippen LogP contribution < -0.4 is 5.32 Å². The number of hydrogen-bond donors (Lipinski definition) is 1. The summed E-state index contributed by atoms with van der Waals surface area (Å²) in [6.07, 6.45) is 2.75. The van der Waals surface area contributed by atoms with Crippen LogP contribution in [-0.4, -0.2) is 44.6 Å². The molecule has 1 N–H and O–H groups in total. The SMILES string of the molecule is Cc1ccnc(NC(=O)C2CCN(C(=O)c3c(C)nn(-c4ccc(F)cc4)c3Cl)CC2)c1. The Balaban J connectivity index is 1.42. The molecule has 32 heavy (non-hydrogen) atoms. The van der Waals surface area contributed by atoms with Crippen molar-refractivity contribution in [2.24, 2.45) is 5.92 Å². The van der Waals surface area contributed by atoms with Gasteiger partial charge in [0.25, 0.3) is 5.91 Å². The summed E-state index contributed by atoms with van der Waals surface area (Å²) >= 11 is 6.49. The normalized spacial score (nSPS) is 14.4. The van der Waals surface area contributed by atoms with Crippen LogP contribution in [0.3, 0.4) is 0 Å². The summed E-state index contributed by atoms with van der Waals surface area (Å²) in [5, 5.41) is 7.41. The molecule has 9 heteroatoms. The Bertz CT molecular complexity index is 1150. The van der Waals surface area contributed by atoms with E-state index < -0.39 is 0 Å². The van der Waals surface area contributed by atoms with E-state index in [9.17, 15) is 14.0 Å². The first-order valence-corrected chi connectivity index (χ1v) is 10.7. The van der Waals surface area contributed by atoms with Crippen molar-refractivity contribution in [3.8, 4) is 5.69 Å². The Hall–Kier alpha value is -3.26. The van der Waals surface area contributed by atoms with Crippen LogP contribution in [0.4, 0.5) is 10.2 Å². The van der Waals surface area contributed by atoms with Crippen molar-refractivity contribution >= 4 is 29.2 Å². The number of benzene rings is 1. The maximum atomic E-state index is 13.2. The van der Waals surface area contributed by atoms with Crippen molar-refractivity contribution in [3.63, 3.8) is 0 Å². The summed E-state index contributed by atoms with van der Waals surface area (Å²) in [6, 6.07) is 9.41. The lowest BCUT2D eigenvalue weighted by atomic mass is 9.95. The van der Waals surface area contributed by atoms with Crippen LogP contribution in [0.2, 0.25) is 5.15 Å². The molecule has 0 aliphatic carbocycles. The number of anilines is 1. The predicted octanol–water partition coefficient (Wildman–Crippen LogP) is 4.17. The summed E-state index contributed by atoms with van der Waals surface area (Å²) < 4.78 is 14.7. The van der Waals surface area contributed by atoms with Gasteiger partial charge in [-0.2, -0.15) is 5.10 Å². The van der Waals surface area contributed by atoms with Crippen molar-refractivity contribution in [2.45, 2.75) is 26.7 Å². The van der Waals surface area contributed by atoms with Gasteiger partial charge in [-0.05, 0) is 68.7 Å². The molecule has 1 saturated heterocycles. The molecule has 166 valence electrons. The molecular formula is C23H23ClFN5O2. The second kappa shape index (κ2) is 9.08. The molecule has 7 nitrogen and oxygen atoms in total. The smallest absolute Gasteiger partial charge is 0.258 e. The Morgan fingerprint density at radius 3 is 2.47 bits per heavy atom. The summed E-state index contributed by atoms with van der Waals surface area (Å²) in [4.78, 5) is 31.6. The number of carbonyl (C=O) groups is 2. The van der Waals surface area contributed by atoms with Gasteiger partial charge in [0.05, 0.1) is 16.9 Å². The van der Waals surface area contributed by atoms with E-state index in [1.165, 1.54) is 16.8 Å². The number of likely N-dealkylation sites (tertiary alicyclic amines) is 1. The fourth-order valence-electron chi connectivity index (χ4n) is 3.83. The van der Waals surface area contributed by atoms with Crippen molar-refractivity contribution in [1.29, 1.82) is 0 Å².